The van der Waals surface area contributed by atoms with Gasteiger partial charge in [0.2, 0.25) is 11.7 Å². The standard InChI is InChI=1S/C17H19ClN6O/c1-19-17(20-7-10-24-8-2-3-9-24)21-12-15-22-16(23-25-15)13-5-4-6-14(18)11-13/h2-6,8-9,11H,7,10,12H2,1H3,(H2,19,20,21). The van der Waals surface area contributed by atoms with E-state index in [0.29, 0.717) is 29.2 Å². The molecular weight excluding hydrogens is 340 g/mol. The van der Waals surface area contributed by atoms with Gasteiger partial charge in [-0.05, 0) is 24.3 Å². The van der Waals surface area contributed by atoms with Gasteiger partial charge in [-0.1, -0.05) is 28.9 Å². The van der Waals surface area contributed by atoms with Gasteiger partial charge >= 0.3 is 0 Å². The Morgan fingerprint density at radius 3 is 2.84 bits per heavy atom. The molecule has 0 amide bonds. The zero-order chi connectivity index (χ0) is 17.5. The maximum Gasteiger partial charge on any atom is 0.246 e. The third-order valence-electron chi connectivity index (χ3n) is 3.51. The number of hydrogen-bond donors (Lipinski definition) is 2. The second-order valence-corrected chi connectivity index (χ2v) is 5.73. The van der Waals surface area contributed by atoms with Gasteiger partial charge in [-0.2, -0.15) is 4.98 Å². The largest absolute Gasteiger partial charge is 0.355 e. The maximum atomic E-state index is 5.98. The summed E-state index contributed by atoms with van der Waals surface area (Å²) in [5.41, 5.74) is 0.816. The van der Waals surface area contributed by atoms with Crippen molar-refractivity contribution < 1.29 is 4.52 Å². The maximum absolute atomic E-state index is 5.98. The molecule has 25 heavy (non-hydrogen) atoms. The highest BCUT2D eigenvalue weighted by Gasteiger charge is 2.09. The molecule has 0 aliphatic heterocycles. The number of halogens is 1. The van der Waals surface area contributed by atoms with Gasteiger partial charge in [0.1, 0.15) is 0 Å². The van der Waals surface area contributed by atoms with Crippen molar-refractivity contribution in [1.29, 1.82) is 0 Å². The SMILES string of the molecule is CN=C(NCCn1cccc1)NCc1nc(-c2cccc(Cl)c2)no1. The van der Waals surface area contributed by atoms with Gasteiger partial charge in [-0.3, -0.25) is 4.99 Å². The summed E-state index contributed by atoms with van der Waals surface area (Å²) in [5.74, 6) is 1.66. The topological polar surface area (TPSA) is 80.3 Å². The molecule has 0 spiro atoms. The minimum atomic E-state index is 0.386. The monoisotopic (exact) mass is 358 g/mol. The van der Waals surface area contributed by atoms with E-state index in [0.717, 1.165) is 18.7 Å². The fourth-order valence-electron chi connectivity index (χ4n) is 2.27. The van der Waals surface area contributed by atoms with Crippen molar-refractivity contribution in [2.45, 2.75) is 13.1 Å². The van der Waals surface area contributed by atoms with Crippen molar-refractivity contribution in [1.82, 2.24) is 25.3 Å². The predicted molar refractivity (Wildman–Crippen MR) is 97.4 cm³/mol. The molecular formula is C17H19ClN6O. The Kier molecular flexibility index (Phi) is 5.69. The summed E-state index contributed by atoms with van der Waals surface area (Å²) in [4.78, 5) is 8.54. The lowest BCUT2D eigenvalue weighted by Crippen LogP contribution is -2.38. The number of aromatic nitrogens is 3. The molecule has 0 bridgehead atoms. The normalized spacial score (nSPS) is 11.5. The minimum Gasteiger partial charge on any atom is -0.355 e. The molecule has 7 nitrogen and oxygen atoms in total. The Morgan fingerprint density at radius 1 is 1.24 bits per heavy atom. The zero-order valence-corrected chi connectivity index (χ0v) is 14.6. The number of guanidine groups is 1. The number of hydrogen-bond acceptors (Lipinski definition) is 4. The van der Waals surface area contributed by atoms with E-state index in [-0.39, 0.29) is 0 Å². The summed E-state index contributed by atoms with van der Waals surface area (Å²) in [6, 6.07) is 11.3. The van der Waals surface area contributed by atoms with Crippen LogP contribution in [0, 0.1) is 0 Å². The van der Waals surface area contributed by atoms with Crippen molar-refractivity contribution in [2.75, 3.05) is 13.6 Å². The van der Waals surface area contributed by atoms with Crippen molar-refractivity contribution in [2.24, 2.45) is 4.99 Å². The van der Waals surface area contributed by atoms with Crippen LogP contribution in [0.2, 0.25) is 5.02 Å². The molecule has 0 unspecified atom stereocenters. The molecule has 3 rings (SSSR count). The van der Waals surface area contributed by atoms with E-state index < -0.39 is 0 Å². The minimum absolute atomic E-state index is 0.386. The molecule has 0 saturated carbocycles. The lowest BCUT2D eigenvalue weighted by atomic mass is 10.2. The molecule has 8 heteroatoms. The summed E-state index contributed by atoms with van der Waals surface area (Å²) in [6.45, 7) is 2.00. The summed E-state index contributed by atoms with van der Waals surface area (Å²) >= 11 is 5.98. The highest BCUT2D eigenvalue weighted by atomic mass is 35.5. The molecule has 2 aromatic heterocycles. The summed E-state index contributed by atoms with van der Waals surface area (Å²) in [6.07, 6.45) is 4.04. The lowest BCUT2D eigenvalue weighted by molar-refractivity contribution is 0.375. The average molecular weight is 359 g/mol. The molecule has 0 radical (unpaired) electrons. The smallest absolute Gasteiger partial charge is 0.246 e. The van der Waals surface area contributed by atoms with Crippen LogP contribution in [0.15, 0.2) is 58.3 Å². The lowest BCUT2D eigenvalue weighted by Gasteiger charge is -2.10. The summed E-state index contributed by atoms with van der Waals surface area (Å²) < 4.78 is 7.36. The van der Waals surface area contributed by atoms with Crippen LogP contribution in [-0.4, -0.2) is 34.3 Å². The first kappa shape index (κ1) is 17.0. The van der Waals surface area contributed by atoms with Crippen LogP contribution in [0.25, 0.3) is 11.4 Å². The van der Waals surface area contributed by atoms with E-state index in [1.54, 1.807) is 19.2 Å². The van der Waals surface area contributed by atoms with Gasteiger partial charge in [0.15, 0.2) is 5.96 Å². The van der Waals surface area contributed by atoms with Crippen LogP contribution in [0.3, 0.4) is 0 Å². The number of nitrogens with one attached hydrogen (secondary N) is 2. The van der Waals surface area contributed by atoms with Crippen molar-refractivity contribution in [3.63, 3.8) is 0 Å². The Balaban J connectivity index is 1.50. The molecule has 0 atom stereocenters. The first-order valence-corrected chi connectivity index (χ1v) is 8.26. The average Bonchev–Trinajstić information content (AvgIpc) is 3.30. The molecule has 130 valence electrons. The molecule has 0 saturated heterocycles. The summed E-state index contributed by atoms with van der Waals surface area (Å²) in [7, 11) is 1.72. The Hall–Kier alpha value is -2.80. The van der Waals surface area contributed by atoms with Crippen LogP contribution >= 0.6 is 11.6 Å². The Bertz CT molecular complexity index is 827. The van der Waals surface area contributed by atoms with Crippen molar-refractivity contribution in [3.05, 3.63) is 59.7 Å². The van der Waals surface area contributed by atoms with Gasteiger partial charge in [-0.15, -0.1) is 0 Å². The molecule has 0 aliphatic rings. The highest BCUT2D eigenvalue weighted by Crippen LogP contribution is 2.19. The molecule has 2 N–H and O–H groups in total. The van der Waals surface area contributed by atoms with Crippen LogP contribution in [0.1, 0.15) is 5.89 Å². The van der Waals surface area contributed by atoms with Gasteiger partial charge in [-0.25, -0.2) is 0 Å². The van der Waals surface area contributed by atoms with E-state index in [4.69, 9.17) is 16.1 Å². The molecule has 1 aromatic carbocycles. The fraction of sp³-hybridized carbons (Fsp3) is 0.235. The van der Waals surface area contributed by atoms with E-state index in [1.807, 2.05) is 36.7 Å². The van der Waals surface area contributed by atoms with Crippen LogP contribution < -0.4 is 10.6 Å². The van der Waals surface area contributed by atoms with E-state index in [9.17, 15) is 0 Å². The third-order valence-corrected chi connectivity index (χ3v) is 3.75. The van der Waals surface area contributed by atoms with Gasteiger partial charge in [0.05, 0.1) is 6.54 Å². The second kappa shape index (κ2) is 8.34. The highest BCUT2D eigenvalue weighted by molar-refractivity contribution is 6.30. The van der Waals surface area contributed by atoms with Gasteiger partial charge in [0, 0.05) is 43.1 Å². The Labute approximate surface area is 150 Å². The first-order chi connectivity index (χ1) is 12.2. The third kappa shape index (κ3) is 4.84. The van der Waals surface area contributed by atoms with E-state index >= 15 is 0 Å². The second-order valence-electron chi connectivity index (χ2n) is 5.30. The number of rotatable bonds is 6. The van der Waals surface area contributed by atoms with Gasteiger partial charge in [0.25, 0.3) is 0 Å². The number of benzene rings is 1. The molecule has 0 fully saturated rings. The Morgan fingerprint density at radius 2 is 2.08 bits per heavy atom. The summed E-state index contributed by atoms with van der Waals surface area (Å²) in [5, 5.41) is 11.0. The predicted octanol–water partition coefficient (Wildman–Crippen LogP) is 2.56. The van der Waals surface area contributed by atoms with Crippen LogP contribution in [-0.2, 0) is 13.1 Å². The van der Waals surface area contributed by atoms with E-state index in [1.165, 1.54) is 0 Å². The quantitative estimate of drug-likeness (QED) is 0.523. The first-order valence-electron chi connectivity index (χ1n) is 7.88. The molecule has 2 heterocycles. The van der Waals surface area contributed by atoms with Crippen molar-refractivity contribution in [3.8, 4) is 11.4 Å². The van der Waals surface area contributed by atoms with Crippen LogP contribution in [0.4, 0.5) is 0 Å². The molecule has 0 aliphatic carbocycles. The zero-order valence-electron chi connectivity index (χ0n) is 13.8. The van der Waals surface area contributed by atoms with Gasteiger partial charge < -0.3 is 19.7 Å². The van der Waals surface area contributed by atoms with Crippen molar-refractivity contribution >= 4 is 17.6 Å². The molecule has 3 aromatic rings. The number of nitrogens with zero attached hydrogens (tertiary/aromatic N) is 4. The van der Waals surface area contributed by atoms with E-state index in [2.05, 4.69) is 30.3 Å². The number of aliphatic imine (C=N–C) groups is 1. The van der Waals surface area contributed by atoms with Crippen LogP contribution in [0.5, 0.6) is 0 Å². The fourth-order valence-corrected chi connectivity index (χ4v) is 2.46.